The van der Waals surface area contributed by atoms with E-state index in [1.807, 2.05) is 0 Å². The monoisotopic (exact) mass is 213 g/mol. The van der Waals surface area contributed by atoms with Crippen molar-refractivity contribution in [2.75, 3.05) is 40.8 Å². The molecule has 0 aliphatic carbocycles. The Morgan fingerprint density at radius 3 is 2.67 bits per heavy atom. The van der Waals surface area contributed by atoms with Crippen molar-refractivity contribution >= 4 is 0 Å². The molecule has 0 aromatic carbocycles. The number of hydrogen-bond acceptors (Lipinski definition) is 3. The fourth-order valence-corrected chi connectivity index (χ4v) is 2.41. The normalized spacial score (nSPS) is 28.6. The molecule has 15 heavy (non-hydrogen) atoms. The van der Waals surface area contributed by atoms with Crippen molar-refractivity contribution in [1.29, 1.82) is 0 Å². The predicted molar refractivity (Wildman–Crippen MR) is 66.3 cm³/mol. The van der Waals surface area contributed by atoms with Crippen molar-refractivity contribution < 1.29 is 0 Å². The van der Waals surface area contributed by atoms with Gasteiger partial charge in [-0.1, -0.05) is 0 Å². The number of hydrogen-bond donors (Lipinski definition) is 1. The van der Waals surface area contributed by atoms with Gasteiger partial charge in [0, 0.05) is 12.1 Å². The Morgan fingerprint density at radius 2 is 2.13 bits per heavy atom. The summed E-state index contributed by atoms with van der Waals surface area (Å²) in [4.78, 5) is 4.91. The first-order valence-electron chi connectivity index (χ1n) is 6.19. The second-order valence-electron chi connectivity index (χ2n) is 5.05. The second-order valence-corrected chi connectivity index (χ2v) is 5.05. The molecule has 0 amide bonds. The van der Waals surface area contributed by atoms with Crippen LogP contribution in [-0.4, -0.2) is 62.7 Å². The van der Waals surface area contributed by atoms with Gasteiger partial charge in [0.2, 0.25) is 0 Å². The molecule has 1 heterocycles. The molecule has 0 aromatic heterocycles. The Morgan fingerprint density at radius 1 is 1.40 bits per heavy atom. The van der Waals surface area contributed by atoms with E-state index < -0.39 is 0 Å². The van der Waals surface area contributed by atoms with Gasteiger partial charge in [0.05, 0.1) is 0 Å². The SMILES string of the molecule is CNC1CCN(CCCN(C)C)C(C)C1. The van der Waals surface area contributed by atoms with Crippen molar-refractivity contribution in [3.8, 4) is 0 Å². The van der Waals surface area contributed by atoms with E-state index in [0.29, 0.717) is 0 Å². The van der Waals surface area contributed by atoms with E-state index in [1.165, 1.54) is 38.9 Å². The fraction of sp³-hybridized carbons (Fsp3) is 1.00. The molecule has 1 fully saturated rings. The second kappa shape index (κ2) is 6.46. The maximum atomic E-state index is 3.39. The van der Waals surface area contributed by atoms with Crippen molar-refractivity contribution in [2.45, 2.75) is 38.3 Å². The lowest BCUT2D eigenvalue weighted by atomic mass is 9.98. The first kappa shape index (κ1) is 12.9. The summed E-state index contributed by atoms with van der Waals surface area (Å²) in [5.41, 5.74) is 0. The number of nitrogens with one attached hydrogen (secondary N) is 1. The van der Waals surface area contributed by atoms with Gasteiger partial charge >= 0.3 is 0 Å². The molecule has 0 bridgehead atoms. The van der Waals surface area contributed by atoms with E-state index in [4.69, 9.17) is 0 Å². The standard InChI is InChI=1S/C12H27N3/c1-11-10-12(13-2)6-9-15(11)8-5-7-14(3)4/h11-13H,5-10H2,1-4H3. The van der Waals surface area contributed by atoms with Crippen LogP contribution >= 0.6 is 0 Å². The molecule has 0 radical (unpaired) electrons. The van der Waals surface area contributed by atoms with Crippen LogP contribution < -0.4 is 5.32 Å². The van der Waals surface area contributed by atoms with Crippen LogP contribution in [0, 0.1) is 0 Å². The van der Waals surface area contributed by atoms with Gasteiger partial charge < -0.3 is 15.1 Å². The van der Waals surface area contributed by atoms with Crippen molar-refractivity contribution in [3.05, 3.63) is 0 Å². The molecule has 1 saturated heterocycles. The molecule has 1 N–H and O–H groups in total. The molecule has 3 nitrogen and oxygen atoms in total. The Hall–Kier alpha value is -0.120. The summed E-state index contributed by atoms with van der Waals surface area (Å²) in [5, 5.41) is 3.39. The minimum absolute atomic E-state index is 0.741. The number of nitrogens with zero attached hydrogens (tertiary/aromatic N) is 2. The van der Waals surface area contributed by atoms with Gasteiger partial charge in [-0.25, -0.2) is 0 Å². The molecule has 2 unspecified atom stereocenters. The topological polar surface area (TPSA) is 18.5 Å². The number of piperidine rings is 1. The highest BCUT2D eigenvalue weighted by Gasteiger charge is 2.23. The summed E-state index contributed by atoms with van der Waals surface area (Å²) in [7, 11) is 6.38. The molecule has 0 spiro atoms. The summed E-state index contributed by atoms with van der Waals surface area (Å²) < 4.78 is 0. The van der Waals surface area contributed by atoms with Crippen LogP contribution in [0.15, 0.2) is 0 Å². The highest BCUT2D eigenvalue weighted by molar-refractivity contribution is 4.81. The largest absolute Gasteiger partial charge is 0.317 e. The molecule has 0 saturated carbocycles. The lowest BCUT2D eigenvalue weighted by molar-refractivity contribution is 0.134. The first-order chi connectivity index (χ1) is 7.13. The maximum Gasteiger partial charge on any atom is 0.00910 e. The van der Waals surface area contributed by atoms with Gasteiger partial charge in [0.1, 0.15) is 0 Å². The quantitative estimate of drug-likeness (QED) is 0.735. The van der Waals surface area contributed by atoms with Crippen LogP contribution in [0.1, 0.15) is 26.2 Å². The zero-order valence-corrected chi connectivity index (χ0v) is 10.8. The van der Waals surface area contributed by atoms with Gasteiger partial charge in [-0.2, -0.15) is 0 Å². The van der Waals surface area contributed by atoms with Crippen LogP contribution in [0.2, 0.25) is 0 Å². The number of likely N-dealkylation sites (tertiary alicyclic amines) is 1. The van der Waals surface area contributed by atoms with E-state index in [1.54, 1.807) is 0 Å². The molecule has 1 rings (SSSR count). The van der Waals surface area contributed by atoms with Crippen molar-refractivity contribution in [2.24, 2.45) is 0 Å². The van der Waals surface area contributed by atoms with E-state index >= 15 is 0 Å². The molecule has 90 valence electrons. The highest BCUT2D eigenvalue weighted by Crippen LogP contribution is 2.17. The summed E-state index contributed by atoms with van der Waals surface area (Å²) in [6, 6.07) is 1.49. The first-order valence-corrected chi connectivity index (χ1v) is 6.19. The summed E-state index contributed by atoms with van der Waals surface area (Å²) in [6.07, 6.45) is 3.91. The van der Waals surface area contributed by atoms with E-state index in [-0.39, 0.29) is 0 Å². The van der Waals surface area contributed by atoms with E-state index in [2.05, 4.69) is 43.2 Å². The third kappa shape index (κ3) is 4.49. The average Bonchev–Trinajstić information content (AvgIpc) is 2.20. The lowest BCUT2D eigenvalue weighted by Gasteiger charge is -2.37. The van der Waals surface area contributed by atoms with E-state index in [0.717, 1.165) is 12.1 Å². The molecule has 3 heteroatoms. The molecule has 1 aliphatic heterocycles. The third-order valence-corrected chi connectivity index (χ3v) is 3.47. The molecule has 0 aromatic rings. The predicted octanol–water partition coefficient (Wildman–Crippen LogP) is 1.01. The Balaban J connectivity index is 2.20. The number of rotatable bonds is 5. The Labute approximate surface area is 94.8 Å². The molecule has 1 aliphatic rings. The molecule has 2 atom stereocenters. The van der Waals surface area contributed by atoms with Crippen LogP contribution in [0.3, 0.4) is 0 Å². The van der Waals surface area contributed by atoms with Crippen LogP contribution in [-0.2, 0) is 0 Å². The van der Waals surface area contributed by atoms with Gasteiger partial charge in [0.15, 0.2) is 0 Å². The average molecular weight is 213 g/mol. The van der Waals surface area contributed by atoms with Crippen LogP contribution in [0.4, 0.5) is 0 Å². The zero-order chi connectivity index (χ0) is 11.3. The van der Waals surface area contributed by atoms with Crippen LogP contribution in [0.25, 0.3) is 0 Å². The molecular formula is C12H27N3. The Bertz CT molecular complexity index is 170. The smallest absolute Gasteiger partial charge is 0.00910 e. The van der Waals surface area contributed by atoms with Gasteiger partial charge in [-0.3, -0.25) is 0 Å². The summed E-state index contributed by atoms with van der Waals surface area (Å²) in [6.45, 7) is 6.09. The summed E-state index contributed by atoms with van der Waals surface area (Å²) >= 11 is 0. The third-order valence-electron chi connectivity index (χ3n) is 3.47. The minimum atomic E-state index is 0.741. The zero-order valence-electron chi connectivity index (χ0n) is 10.8. The van der Waals surface area contributed by atoms with Crippen molar-refractivity contribution in [1.82, 2.24) is 15.1 Å². The molecular weight excluding hydrogens is 186 g/mol. The fourth-order valence-electron chi connectivity index (χ4n) is 2.41. The minimum Gasteiger partial charge on any atom is -0.317 e. The van der Waals surface area contributed by atoms with E-state index in [9.17, 15) is 0 Å². The highest BCUT2D eigenvalue weighted by atomic mass is 15.2. The van der Waals surface area contributed by atoms with Gasteiger partial charge in [-0.15, -0.1) is 0 Å². The Kier molecular flexibility index (Phi) is 5.58. The van der Waals surface area contributed by atoms with Gasteiger partial charge in [-0.05, 0) is 67.0 Å². The van der Waals surface area contributed by atoms with Crippen molar-refractivity contribution in [3.63, 3.8) is 0 Å². The summed E-state index contributed by atoms with van der Waals surface area (Å²) in [5.74, 6) is 0. The van der Waals surface area contributed by atoms with Crippen LogP contribution in [0.5, 0.6) is 0 Å². The van der Waals surface area contributed by atoms with Gasteiger partial charge in [0.25, 0.3) is 0 Å². The lowest BCUT2D eigenvalue weighted by Crippen LogP contribution is -2.47. The maximum absolute atomic E-state index is 3.39.